The molecule has 15 heteroatoms. The number of phenols is 1. The maximum Gasteiger partial charge on any atom is 0.324 e. The second kappa shape index (κ2) is 11.2. The first-order valence-corrected chi connectivity index (χ1v) is 11.5. The number of non-ortho nitro benzene ring substituents is 1. The van der Waals surface area contributed by atoms with Gasteiger partial charge in [-0.25, -0.2) is 0 Å². The zero-order valence-electron chi connectivity index (χ0n) is 19.7. The zero-order valence-corrected chi connectivity index (χ0v) is 19.7. The van der Waals surface area contributed by atoms with Gasteiger partial charge in [0, 0.05) is 23.2 Å². The van der Waals surface area contributed by atoms with E-state index in [1.807, 2.05) is 30.3 Å². The summed E-state index contributed by atoms with van der Waals surface area (Å²) >= 11 is 0. The van der Waals surface area contributed by atoms with E-state index in [0.717, 1.165) is 16.5 Å². The fourth-order valence-electron chi connectivity index (χ4n) is 4.00. The van der Waals surface area contributed by atoms with E-state index >= 15 is 0 Å². The van der Waals surface area contributed by atoms with Gasteiger partial charge in [-0.05, 0) is 37.1 Å². The first kappa shape index (κ1) is 25.9. The molecule has 15 nitrogen and oxygen atoms in total. The number of benzene rings is 2. The van der Waals surface area contributed by atoms with Gasteiger partial charge in [0.25, 0.3) is 11.4 Å². The summed E-state index contributed by atoms with van der Waals surface area (Å²) in [5, 5.41) is 52.9. The predicted octanol–water partition coefficient (Wildman–Crippen LogP) is 5.15. The van der Waals surface area contributed by atoms with E-state index in [1.165, 1.54) is 32.1 Å². The topological polar surface area (TPSA) is 213 Å². The Morgan fingerprint density at radius 2 is 1.58 bits per heavy atom. The van der Waals surface area contributed by atoms with Crippen LogP contribution in [-0.2, 0) is 0 Å². The highest BCUT2D eigenvalue weighted by Gasteiger charge is 2.30. The Morgan fingerprint density at radius 3 is 2.21 bits per heavy atom. The van der Waals surface area contributed by atoms with Crippen LogP contribution < -0.4 is 5.32 Å². The van der Waals surface area contributed by atoms with Gasteiger partial charge in [-0.1, -0.05) is 30.4 Å². The standard InChI is InChI=1S/C17H18N4O.C6H3N3O7/c1-2-6-14(7-3-1)19-17-21-20-16(22-17)13-8-9-15-12(11-13)5-4-10-18-15;10-6-4(8(13)14)1-3(7(11)12)2-5(6)9(15)16/h4-5,8-11,14H,1-3,6-7H2,(H,19,21);1-2,10H. The molecule has 1 aliphatic carbocycles. The molecule has 0 atom stereocenters. The van der Waals surface area contributed by atoms with E-state index in [0.29, 0.717) is 30.1 Å². The van der Waals surface area contributed by atoms with E-state index in [-0.39, 0.29) is 0 Å². The molecule has 4 aromatic rings. The van der Waals surface area contributed by atoms with E-state index in [2.05, 4.69) is 20.5 Å². The number of hydrogen-bond acceptors (Lipinski definition) is 12. The van der Waals surface area contributed by atoms with Crippen LogP contribution in [0.3, 0.4) is 0 Å². The molecule has 2 N–H and O–H groups in total. The van der Waals surface area contributed by atoms with Crippen molar-refractivity contribution in [3.05, 3.63) is 79.0 Å². The van der Waals surface area contributed by atoms with Gasteiger partial charge in [0.05, 0.1) is 32.4 Å². The fraction of sp³-hybridized carbons (Fsp3) is 0.261. The van der Waals surface area contributed by atoms with E-state index in [4.69, 9.17) is 9.52 Å². The summed E-state index contributed by atoms with van der Waals surface area (Å²) in [5.41, 5.74) is -1.12. The van der Waals surface area contributed by atoms with Crippen molar-refractivity contribution in [2.24, 2.45) is 0 Å². The molecule has 38 heavy (non-hydrogen) atoms. The largest absolute Gasteiger partial charge is 0.497 e. The van der Waals surface area contributed by atoms with E-state index in [1.54, 1.807) is 6.20 Å². The van der Waals surface area contributed by atoms with Crippen molar-refractivity contribution in [2.75, 3.05) is 5.32 Å². The molecule has 0 amide bonds. The molecule has 2 heterocycles. The van der Waals surface area contributed by atoms with Crippen molar-refractivity contribution in [3.8, 4) is 17.2 Å². The van der Waals surface area contributed by atoms with Crippen molar-refractivity contribution < 1.29 is 24.3 Å². The number of nitrogens with one attached hydrogen (secondary N) is 1. The number of phenolic OH excluding ortho intramolecular Hbond substituents is 1. The summed E-state index contributed by atoms with van der Waals surface area (Å²) in [6.45, 7) is 0. The molecule has 2 aromatic carbocycles. The summed E-state index contributed by atoms with van der Waals surface area (Å²) in [6.07, 6.45) is 8.03. The molecule has 0 unspecified atom stereocenters. The molecule has 1 fully saturated rings. The Balaban J connectivity index is 0.000000188. The van der Waals surface area contributed by atoms with E-state index in [9.17, 15) is 30.3 Å². The number of aromatic hydroxyl groups is 1. The average Bonchev–Trinajstić information content (AvgIpc) is 3.37. The lowest BCUT2D eigenvalue weighted by atomic mass is 9.96. The van der Waals surface area contributed by atoms with Gasteiger partial charge in [0.1, 0.15) is 0 Å². The molecule has 0 radical (unpaired) electrons. The number of rotatable bonds is 6. The highest BCUT2D eigenvalue weighted by atomic mass is 16.6. The third-order valence-electron chi connectivity index (χ3n) is 5.87. The normalized spacial score (nSPS) is 13.4. The molecule has 0 aliphatic heterocycles. The van der Waals surface area contributed by atoms with Crippen LogP contribution >= 0.6 is 0 Å². The van der Waals surface area contributed by atoms with Crippen LogP contribution in [0.4, 0.5) is 23.1 Å². The molecule has 0 bridgehead atoms. The minimum atomic E-state index is -1.21. The number of nitro benzene ring substituents is 3. The summed E-state index contributed by atoms with van der Waals surface area (Å²) in [5.74, 6) is -0.662. The van der Waals surface area contributed by atoms with Gasteiger partial charge in [-0.2, -0.15) is 0 Å². The highest BCUT2D eigenvalue weighted by Crippen LogP contribution is 2.39. The molecule has 1 aliphatic rings. The highest BCUT2D eigenvalue weighted by molar-refractivity contribution is 5.82. The van der Waals surface area contributed by atoms with Crippen LogP contribution in [0.1, 0.15) is 32.1 Å². The Hall–Kier alpha value is -5.21. The van der Waals surface area contributed by atoms with Gasteiger partial charge in [-0.15, -0.1) is 5.10 Å². The summed E-state index contributed by atoms with van der Waals surface area (Å²) in [7, 11) is 0. The lowest BCUT2D eigenvalue weighted by Crippen LogP contribution is -2.22. The minimum absolute atomic E-state index is 0.447. The Labute approximate surface area is 213 Å². The lowest BCUT2D eigenvalue weighted by Gasteiger charge is -2.21. The number of nitro groups is 3. The molecule has 0 spiro atoms. The number of hydrogen-bond donors (Lipinski definition) is 2. The molecular formula is C23H21N7O8. The first-order chi connectivity index (χ1) is 18.2. The van der Waals surface area contributed by atoms with Crippen LogP contribution in [0.15, 0.2) is 53.1 Å². The van der Waals surface area contributed by atoms with Gasteiger partial charge in [0.2, 0.25) is 5.89 Å². The fourth-order valence-corrected chi connectivity index (χ4v) is 4.00. The van der Waals surface area contributed by atoms with Crippen molar-refractivity contribution >= 4 is 34.0 Å². The average molecular weight is 523 g/mol. The predicted molar refractivity (Wildman–Crippen MR) is 134 cm³/mol. The van der Waals surface area contributed by atoms with Crippen molar-refractivity contribution in [2.45, 2.75) is 38.1 Å². The smallest absolute Gasteiger partial charge is 0.324 e. The maximum atomic E-state index is 10.4. The van der Waals surface area contributed by atoms with Gasteiger partial charge >= 0.3 is 17.4 Å². The zero-order chi connectivity index (χ0) is 27.2. The van der Waals surface area contributed by atoms with Gasteiger partial charge in [-0.3, -0.25) is 35.3 Å². The number of nitrogens with zero attached hydrogens (tertiary/aromatic N) is 6. The van der Waals surface area contributed by atoms with Crippen molar-refractivity contribution in [1.29, 1.82) is 0 Å². The SMILES string of the molecule is O=[N+]([O-])c1cc([N+](=O)[O-])c(O)c([N+](=O)[O-])c1.c1cnc2ccc(-c3nnc(NC4CCCCC4)o3)cc2c1. The van der Waals surface area contributed by atoms with Gasteiger partial charge in [0.15, 0.2) is 0 Å². The number of fused-ring (bicyclic) bond motifs is 1. The molecule has 5 rings (SSSR count). The van der Waals surface area contributed by atoms with E-state index < -0.39 is 37.6 Å². The lowest BCUT2D eigenvalue weighted by molar-refractivity contribution is -0.404. The molecule has 196 valence electrons. The Kier molecular flexibility index (Phi) is 7.65. The first-order valence-electron chi connectivity index (χ1n) is 11.5. The third kappa shape index (κ3) is 5.95. The second-order valence-electron chi connectivity index (χ2n) is 8.41. The Morgan fingerprint density at radius 1 is 0.895 bits per heavy atom. The molecule has 0 saturated heterocycles. The second-order valence-corrected chi connectivity index (χ2v) is 8.41. The van der Waals surface area contributed by atoms with Crippen molar-refractivity contribution in [3.63, 3.8) is 0 Å². The third-order valence-corrected chi connectivity index (χ3v) is 5.87. The van der Waals surface area contributed by atoms with Gasteiger partial charge < -0.3 is 14.8 Å². The number of anilines is 1. The summed E-state index contributed by atoms with van der Waals surface area (Å²) in [6, 6.07) is 11.8. The number of aromatic nitrogens is 3. The monoisotopic (exact) mass is 523 g/mol. The van der Waals surface area contributed by atoms with Crippen LogP contribution in [-0.4, -0.2) is 41.1 Å². The molecule has 2 aromatic heterocycles. The number of pyridine rings is 1. The molecular weight excluding hydrogens is 502 g/mol. The van der Waals surface area contributed by atoms with Crippen LogP contribution in [0.2, 0.25) is 0 Å². The minimum Gasteiger partial charge on any atom is -0.497 e. The van der Waals surface area contributed by atoms with Crippen molar-refractivity contribution in [1.82, 2.24) is 15.2 Å². The summed E-state index contributed by atoms with van der Waals surface area (Å²) in [4.78, 5) is 32.1. The van der Waals surface area contributed by atoms with Crippen LogP contribution in [0, 0.1) is 30.3 Å². The summed E-state index contributed by atoms with van der Waals surface area (Å²) < 4.78 is 5.77. The Bertz CT molecular complexity index is 1470. The maximum absolute atomic E-state index is 10.4. The molecule has 1 saturated carbocycles. The van der Waals surface area contributed by atoms with Crippen LogP contribution in [0.5, 0.6) is 5.75 Å². The van der Waals surface area contributed by atoms with Crippen LogP contribution in [0.25, 0.3) is 22.4 Å². The quantitative estimate of drug-likeness (QED) is 0.248.